The van der Waals surface area contributed by atoms with Crippen LogP contribution in [-0.2, 0) is 0 Å². The molecule has 0 saturated heterocycles. The van der Waals surface area contributed by atoms with Crippen molar-refractivity contribution in [2.45, 2.75) is 6.92 Å². The molecule has 1 N–H and O–H groups in total. The number of methoxy groups -OCH3 is 2. The first-order valence-corrected chi connectivity index (χ1v) is 6.89. The van der Waals surface area contributed by atoms with Gasteiger partial charge in [0.2, 0.25) is 0 Å². The Bertz CT molecular complexity index is 930. The van der Waals surface area contributed by atoms with Gasteiger partial charge in [-0.15, -0.1) is 6.42 Å². The van der Waals surface area contributed by atoms with Gasteiger partial charge in [0.05, 0.1) is 25.9 Å². The monoisotopic (exact) mass is 292 g/mol. The zero-order valence-corrected chi connectivity index (χ0v) is 12.7. The number of nitrogens with zero attached hydrogens (tertiary/aromatic N) is 1. The van der Waals surface area contributed by atoms with Crippen LogP contribution in [0.4, 0.5) is 0 Å². The number of nitrogens with one attached hydrogen (secondary N) is 1. The Kier molecular flexibility index (Phi) is 3.48. The normalized spacial score (nSPS) is 11.2. The van der Waals surface area contributed by atoms with Gasteiger partial charge >= 0.3 is 0 Å². The van der Waals surface area contributed by atoms with E-state index in [1.807, 2.05) is 31.2 Å². The van der Waals surface area contributed by atoms with Crippen LogP contribution in [0.25, 0.3) is 27.8 Å². The molecule has 4 heteroatoms. The lowest BCUT2D eigenvalue weighted by Gasteiger charge is -2.13. The van der Waals surface area contributed by atoms with Gasteiger partial charge in [-0.1, -0.05) is 18.1 Å². The van der Waals surface area contributed by atoms with Crippen molar-refractivity contribution < 1.29 is 9.47 Å². The maximum absolute atomic E-state index is 5.78. The van der Waals surface area contributed by atoms with E-state index >= 15 is 0 Å². The summed E-state index contributed by atoms with van der Waals surface area (Å²) in [5.74, 6) is 4.11. The predicted octanol–water partition coefficient (Wildman–Crippen LogP) is 3.75. The summed E-state index contributed by atoms with van der Waals surface area (Å²) < 4.78 is 10.8. The molecule has 0 spiro atoms. The summed E-state index contributed by atoms with van der Waals surface area (Å²) in [5, 5.41) is 10.1. The van der Waals surface area contributed by atoms with Gasteiger partial charge in [0, 0.05) is 27.3 Å². The van der Waals surface area contributed by atoms with E-state index in [1.54, 1.807) is 20.4 Å². The summed E-state index contributed by atoms with van der Waals surface area (Å²) in [7, 11) is 3.23. The van der Waals surface area contributed by atoms with Crippen molar-refractivity contribution in [2.24, 2.45) is 0 Å². The lowest BCUT2D eigenvalue weighted by Crippen LogP contribution is -1.94. The minimum atomic E-state index is 0.650. The molecule has 4 nitrogen and oxygen atoms in total. The molecule has 0 saturated carbocycles. The summed E-state index contributed by atoms with van der Waals surface area (Å²) in [6.07, 6.45) is 11.5. The van der Waals surface area contributed by atoms with E-state index in [4.69, 9.17) is 15.9 Å². The number of hydrogen-bond acceptors (Lipinski definition) is 3. The van der Waals surface area contributed by atoms with Crippen LogP contribution in [-0.4, -0.2) is 24.4 Å². The highest BCUT2D eigenvalue weighted by atomic mass is 16.5. The average Bonchev–Trinajstić information content (AvgIpc) is 3.03. The zero-order valence-electron chi connectivity index (χ0n) is 12.7. The second-order valence-electron chi connectivity index (χ2n) is 4.84. The van der Waals surface area contributed by atoms with Gasteiger partial charge in [0.1, 0.15) is 0 Å². The highest BCUT2D eigenvalue weighted by Gasteiger charge is 2.16. The zero-order chi connectivity index (χ0) is 15.7. The van der Waals surface area contributed by atoms with Crippen LogP contribution in [0, 0.1) is 12.3 Å². The van der Waals surface area contributed by atoms with Crippen molar-refractivity contribution in [1.82, 2.24) is 10.2 Å². The van der Waals surface area contributed by atoms with Gasteiger partial charge in [-0.25, -0.2) is 0 Å². The molecule has 0 amide bonds. The van der Waals surface area contributed by atoms with Crippen LogP contribution in [0.2, 0.25) is 0 Å². The number of H-pyrrole nitrogens is 1. The molecular weight excluding hydrogens is 276 g/mol. The van der Waals surface area contributed by atoms with Crippen LogP contribution >= 0.6 is 0 Å². The number of fused-ring (bicyclic) bond motifs is 3. The molecule has 0 radical (unpaired) electrons. The number of hydrogen-bond donors (Lipinski definition) is 1. The van der Waals surface area contributed by atoms with E-state index in [1.165, 1.54) is 0 Å². The Morgan fingerprint density at radius 1 is 1.14 bits per heavy atom. The number of ether oxygens (including phenoxy) is 2. The Morgan fingerprint density at radius 3 is 2.41 bits per heavy atom. The summed E-state index contributed by atoms with van der Waals surface area (Å²) in [6, 6.07) is 3.84. The summed E-state index contributed by atoms with van der Waals surface area (Å²) in [5.41, 5.74) is 2.74. The first-order chi connectivity index (χ1) is 10.7. The first kappa shape index (κ1) is 14.0. The molecule has 0 fully saturated rings. The summed E-state index contributed by atoms with van der Waals surface area (Å²) in [4.78, 5) is 0. The van der Waals surface area contributed by atoms with Crippen LogP contribution in [0.5, 0.6) is 11.5 Å². The third kappa shape index (κ3) is 1.91. The van der Waals surface area contributed by atoms with E-state index in [0.29, 0.717) is 11.5 Å². The third-order valence-corrected chi connectivity index (χ3v) is 3.74. The largest absolute Gasteiger partial charge is 0.493 e. The van der Waals surface area contributed by atoms with Gasteiger partial charge < -0.3 is 9.47 Å². The molecule has 0 atom stereocenters. The van der Waals surface area contributed by atoms with E-state index in [2.05, 4.69) is 16.1 Å². The molecule has 0 aliphatic carbocycles. The standard InChI is InChI=1S/C18H16N2O2/c1-5-7-12-11(6-2)13-8-16(21-3)17(22-4)9-14(13)18-15(12)10-19-20-18/h2,5,7-10H,1,3-4H3,(H,19,20)/b7-5-. The first-order valence-electron chi connectivity index (χ1n) is 6.89. The quantitative estimate of drug-likeness (QED) is 0.748. The van der Waals surface area contributed by atoms with Gasteiger partial charge in [-0.05, 0) is 19.1 Å². The highest BCUT2D eigenvalue weighted by molar-refractivity contribution is 6.12. The molecule has 0 aliphatic heterocycles. The molecule has 1 aromatic heterocycles. The molecule has 110 valence electrons. The number of aromatic nitrogens is 2. The predicted molar refractivity (Wildman–Crippen MR) is 89.3 cm³/mol. The van der Waals surface area contributed by atoms with Crippen LogP contribution in [0.3, 0.4) is 0 Å². The average molecular weight is 292 g/mol. The Hall–Kier alpha value is -2.93. The SMILES string of the molecule is C#Cc1c(/C=C\C)c2cn[nH]c2c2cc(OC)c(OC)cc12. The Morgan fingerprint density at radius 2 is 1.82 bits per heavy atom. The van der Waals surface area contributed by atoms with Crippen LogP contribution < -0.4 is 9.47 Å². The van der Waals surface area contributed by atoms with Crippen molar-refractivity contribution >= 4 is 27.8 Å². The molecule has 1 heterocycles. The molecule has 0 aliphatic rings. The summed E-state index contributed by atoms with van der Waals surface area (Å²) >= 11 is 0. The minimum absolute atomic E-state index is 0.650. The molecule has 22 heavy (non-hydrogen) atoms. The second kappa shape index (κ2) is 5.45. The van der Waals surface area contributed by atoms with E-state index in [-0.39, 0.29) is 0 Å². The van der Waals surface area contributed by atoms with Crippen molar-refractivity contribution in [3.8, 4) is 23.8 Å². The lowest BCUT2D eigenvalue weighted by atomic mass is 9.94. The van der Waals surface area contributed by atoms with E-state index < -0.39 is 0 Å². The van der Waals surface area contributed by atoms with Crippen molar-refractivity contribution in [3.63, 3.8) is 0 Å². The minimum Gasteiger partial charge on any atom is -0.493 e. The maximum Gasteiger partial charge on any atom is 0.161 e. The highest BCUT2D eigenvalue weighted by Crippen LogP contribution is 2.39. The van der Waals surface area contributed by atoms with Gasteiger partial charge in [-0.2, -0.15) is 5.10 Å². The molecule has 3 rings (SSSR count). The van der Waals surface area contributed by atoms with Gasteiger partial charge in [0.25, 0.3) is 0 Å². The number of benzene rings is 2. The van der Waals surface area contributed by atoms with Crippen molar-refractivity contribution in [3.05, 3.63) is 35.5 Å². The Balaban J connectivity index is 2.57. The van der Waals surface area contributed by atoms with Crippen molar-refractivity contribution in [1.29, 1.82) is 0 Å². The fraction of sp³-hybridized carbons (Fsp3) is 0.167. The van der Waals surface area contributed by atoms with Gasteiger partial charge in [0.15, 0.2) is 11.5 Å². The van der Waals surface area contributed by atoms with Crippen LogP contribution in [0.15, 0.2) is 24.4 Å². The van der Waals surface area contributed by atoms with E-state index in [0.717, 1.165) is 32.8 Å². The molecule has 0 bridgehead atoms. The Labute approximate surface area is 128 Å². The molecular formula is C18H16N2O2. The topological polar surface area (TPSA) is 47.1 Å². The lowest BCUT2D eigenvalue weighted by molar-refractivity contribution is 0.356. The van der Waals surface area contributed by atoms with Crippen molar-refractivity contribution in [2.75, 3.05) is 14.2 Å². The smallest absolute Gasteiger partial charge is 0.161 e. The third-order valence-electron chi connectivity index (χ3n) is 3.74. The van der Waals surface area contributed by atoms with Crippen LogP contribution in [0.1, 0.15) is 18.1 Å². The summed E-state index contributed by atoms with van der Waals surface area (Å²) in [6.45, 7) is 1.96. The molecule has 3 aromatic rings. The maximum atomic E-state index is 5.78. The second-order valence-corrected chi connectivity index (χ2v) is 4.84. The van der Waals surface area contributed by atoms with Gasteiger partial charge in [-0.3, -0.25) is 5.10 Å². The number of terminal acetylenes is 1. The number of allylic oxidation sites excluding steroid dienone is 1. The fourth-order valence-corrected chi connectivity index (χ4v) is 2.76. The molecule has 2 aromatic carbocycles. The number of rotatable bonds is 3. The fourth-order valence-electron chi connectivity index (χ4n) is 2.76. The molecule has 0 unspecified atom stereocenters. The van der Waals surface area contributed by atoms with E-state index in [9.17, 15) is 0 Å². The number of aromatic amines is 1.